The normalized spacial score (nSPS) is 12.4. The molecule has 0 saturated heterocycles. The summed E-state index contributed by atoms with van der Waals surface area (Å²) >= 11 is 3.46. The van der Waals surface area contributed by atoms with E-state index in [1.165, 1.54) is 0 Å². The molecule has 0 saturated carbocycles. The van der Waals surface area contributed by atoms with Gasteiger partial charge in [0.1, 0.15) is 5.75 Å². The van der Waals surface area contributed by atoms with E-state index in [1.807, 2.05) is 42.8 Å². The first kappa shape index (κ1) is 15.1. The molecule has 0 aliphatic heterocycles. The largest absolute Gasteiger partial charge is 0.496 e. The van der Waals surface area contributed by atoms with E-state index in [0.717, 1.165) is 33.7 Å². The lowest BCUT2D eigenvalue weighted by Gasteiger charge is -2.13. The number of halogens is 1. The monoisotopic (exact) mass is 338 g/mol. The zero-order valence-electron chi connectivity index (χ0n) is 11.9. The third kappa shape index (κ3) is 3.22. The summed E-state index contributed by atoms with van der Waals surface area (Å²) in [7, 11) is 1.64. The van der Waals surface area contributed by atoms with Crippen molar-refractivity contribution in [2.75, 3.05) is 7.11 Å². The summed E-state index contributed by atoms with van der Waals surface area (Å²) in [4.78, 5) is 0. The van der Waals surface area contributed by atoms with E-state index < -0.39 is 6.10 Å². The standard InChI is InChI=1S/C15H19BrN2O2/c1-4-18-13(7-10(2)17-18)14(19)9-11-5-6-15(20-3)12(16)8-11/h5-8,14,19H,4,9H2,1-3H3. The molecule has 1 heterocycles. The Labute approximate surface area is 127 Å². The van der Waals surface area contributed by atoms with Gasteiger partial charge in [0.05, 0.1) is 29.1 Å². The Hall–Kier alpha value is -1.33. The van der Waals surface area contributed by atoms with Crippen LogP contribution in [0.2, 0.25) is 0 Å². The summed E-state index contributed by atoms with van der Waals surface area (Å²) in [6.07, 6.45) is -0.00951. The summed E-state index contributed by atoms with van der Waals surface area (Å²) in [5, 5.41) is 14.8. The second-order valence-corrected chi connectivity index (χ2v) is 5.57. The van der Waals surface area contributed by atoms with Crippen molar-refractivity contribution in [3.05, 3.63) is 45.7 Å². The molecule has 0 aliphatic rings. The molecular weight excluding hydrogens is 320 g/mol. The first-order valence-electron chi connectivity index (χ1n) is 6.60. The number of benzene rings is 1. The zero-order valence-corrected chi connectivity index (χ0v) is 13.5. The molecule has 1 N–H and O–H groups in total. The van der Waals surface area contributed by atoms with Gasteiger partial charge in [-0.25, -0.2) is 0 Å². The molecule has 108 valence electrons. The van der Waals surface area contributed by atoms with Crippen LogP contribution >= 0.6 is 15.9 Å². The van der Waals surface area contributed by atoms with Crippen LogP contribution in [0.15, 0.2) is 28.7 Å². The molecule has 1 unspecified atom stereocenters. The van der Waals surface area contributed by atoms with Crippen LogP contribution in [0.25, 0.3) is 0 Å². The van der Waals surface area contributed by atoms with Crippen molar-refractivity contribution in [2.24, 2.45) is 0 Å². The number of methoxy groups -OCH3 is 1. The van der Waals surface area contributed by atoms with Crippen molar-refractivity contribution in [3.8, 4) is 5.75 Å². The summed E-state index contributed by atoms with van der Waals surface area (Å²) < 4.78 is 7.95. The molecule has 5 heteroatoms. The van der Waals surface area contributed by atoms with Crippen LogP contribution < -0.4 is 4.74 Å². The quantitative estimate of drug-likeness (QED) is 0.910. The second-order valence-electron chi connectivity index (χ2n) is 4.72. The fraction of sp³-hybridized carbons (Fsp3) is 0.400. The van der Waals surface area contributed by atoms with Gasteiger partial charge in [-0.15, -0.1) is 0 Å². The zero-order chi connectivity index (χ0) is 14.7. The third-order valence-corrected chi connectivity index (χ3v) is 3.84. The average Bonchev–Trinajstić information content (AvgIpc) is 2.80. The number of aryl methyl sites for hydroxylation is 2. The number of aliphatic hydroxyl groups is 1. The Balaban J connectivity index is 2.18. The SMILES string of the molecule is CCn1nc(C)cc1C(O)Cc1ccc(OC)c(Br)c1. The number of aromatic nitrogens is 2. The number of nitrogens with zero attached hydrogens (tertiary/aromatic N) is 2. The summed E-state index contributed by atoms with van der Waals surface area (Å²) in [6.45, 7) is 4.71. The van der Waals surface area contributed by atoms with E-state index in [0.29, 0.717) is 6.42 Å². The van der Waals surface area contributed by atoms with Gasteiger partial charge in [-0.3, -0.25) is 4.68 Å². The number of hydrogen-bond donors (Lipinski definition) is 1. The number of hydrogen-bond acceptors (Lipinski definition) is 3. The third-order valence-electron chi connectivity index (χ3n) is 3.22. The highest BCUT2D eigenvalue weighted by atomic mass is 79.9. The lowest BCUT2D eigenvalue weighted by atomic mass is 10.1. The Bertz CT molecular complexity index is 596. The van der Waals surface area contributed by atoms with Crippen molar-refractivity contribution in [1.29, 1.82) is 0 Å². The summed E-state index contributed by atoms with van der Waals surface area (Å²) in [6, 6.07) is 7.77. The minimum absolute atomic E-state index is 0.549. The fourth-order valence-electron chi connectivity index (χ4n) is 2.25. The second kappa shape index (κ2) is 6.41. The molecule has 0 aliphatic carbocycles. The van der Waals surface area contributed by atoms with Gasteiger partial charge < -0.3 is 9.84 Å². The van der Waals surface area contributed by atoms with Gasteiger partial charge in [0.2, 0.25) is 0 Å². The number of aliphatic hydroxyl groups excluding tert-OH is 1. The number of rotatable bonds is 5. The van der Waals surface area contributed by atoms with Gasteiger partial charge in [-0.05, 0) is 53.5 Å². The van der Waals surface area contributed by atoms with Gasteiger partial charge in [0.25, 0.3) is 0 Å². The average molecular weight is 339 g/mol. The molecule has 0 fully saturated rings. The molecule has 20 heavy (non-hydrogen) atoms. The smallest absolute Gasteiger partial charge is 0.133 e. The lowest BCUT2D eigenvalue weighted by Crippen LogP contribution is -2.10. The topological polar surface area (TPSA) is 47.3 Å². The Morgan fingerprint density at radius 3 is 2.75 bits per heavy atom. The molecule has 0 radical (unpaired) electrons. The van der Waals surface area contributed by atoms with Crippen molar-refractivity contribution in [1.82, 2.24) is 9.78 Å². The van der Waals surface area contributed by atoms with E-state index in [-0.39, 0.29) is 0 Å². The molecule has 1 aromatic heterocycles. The predicted octanol–water partition coefficient (Wildman–Crippen LogP) is 3.26. The Kier molecular flexibility index (Phi) is 4.83. The van der Waals surface area contributed by atoms with Gasteiger partial charge in [-0.2, -0.15) is 5.10 Å². The Morgan fingerprint density at radius 2 is 2.15 bits per heavy atom. The van der Waals surface area contributed by atoms with E-state index in [4.69, 9.17) is 4.74 Å². The van der Waals surface area contributed by atoms with Gasteiger partial charge in [0, 0.05) is 13.0 Å². The van der Waals surface area contributed by atoms with E-state index >= 15 is 0 Å². The lowest BCUT2D eigenvalue weighted by molar-refractivity contribution is 0.167. The van der Waals surface area contributed by atoms with Crippen LogP contribution in [-0.2, 0) is 13.0 Å². The molecular formula is C15H19BrN2O2. The van der Waals surface area contributed by atoms with Crippen molar-refractivity contribution in [2.45, 2.75) is 32.9 Å². The fourth-order valence-corrected chi connectivity index (χ4v) is 2.84. The molecule has 0 spiro atoms. The first-order chi connectivity index (χ1) is 9.55. The maximum Gasteiger partial charge on any atom is 0.133 e. The van der Waals surface area contributed by atoms with Crippen LogP contribution in [-0.4, -0.2) is 22.0 Å². The minimum atomic E-state index is -0.559. The molecule has 2 aromatic rings. The molecule has 1 atom stereocenters. The maximum absolute atomic E-state index is 10.4. The highest BCUT2D eigenvalue weighted by molar-refractivity contribution is 9.10. The molecule has 4 nitrogen and oxygen atoms in total. The Morgan fingerprint density at radius 1 is 1.40 bits per heavy atom. The van der Waals surface area contributed by atoms with Crippen molar-refractivity contribution >= 4 is 15.9 Å². The van der Waals surface area contributed by atoms with Crippen LogP contribution in [0.1, 0.15) is 30.0 Å². The molecule has 1 aromatic carbocycles. The predicted molar refractivity (Wildman–Crippen MR) is 82.0 cm³/mol. The van der Waals surface area contributed by atoms with Crippen LogP contribution in [0.4, 0.5) is 0 Å². The maximum atomic E-state index is 10.4. The summed E-state index contributed by atoms with van der Waals surface area (Å²) in [5.74, 6) is 0.790. The van der Waals surface area contributed by atoms with Gasteiger partial charge in [0.15, 0.2) is 0 Å². The highest BCUT2D eigenvalue weighted by Gasteiger charge is 2.15. The molecule has 2 rings (SSSR count). The van der Waals surface area contributed by atoms with E-state index in [9.17, 15) is 5.11 Å². The van der Waals surface area contributed by atoms with Gasteiger partial charge >= 0.3 is 0 Å². The van der Waals surface area contributed by atoms with Crippen LogP contribution in [0, 0.1) is 6.92 Å². The van der Waals surface area contributed by atoms with Crippen LogP contribution in [0.3, 0.4) is 0 Å². The van der Waals surface area contributed by atoms with Crippen LogP contribution in [0.5, 0.6) is 5.75 Å². The van der Waals surface area contributed by atoms with Crippen molar-refractivity contribution < 1.29 is 9.84 Å². The van der Waals surface area contributed by atoms with Gasteiger partial charge in [-0.1, -0.05) is 6.07 Å². The minimum Gasteiger partial charge on any atom is -0.496 e. The summed E-state index contributed by atoms with van der Waals surface area (Å²) in [5.41, 5.74) is 2.83. The highest BCUT2D eigenvalue weighted by Crippen LogP contribution is 2.28. The first-order valence-corrected chi connectivity index (χ1v) is 7.39. The molecule has 0 bridgehead atoms. The van der Waals surface area contributed by atoms with E-state index in [2.05, 4.69) is 21.0 Å². The molecule has 0 amide bonds. The van der Waals surface area contributed by atoms with Crippen molar-refractivity contribution in [3.63, 3.8) is 0 Å². The van der Waals surface area contributed by atoms with E-state index in [1.54, 1.807) is 7.11 Å². The number of ether oxygens (including phenoxy) is 1.